The van der Waals surface area contributed by atoms with Gasteiger partial charge < -0.3 is 9.47 Å². The topological polar surface area (TPSA) is 117 Å². The number of aryl methyl sites for hydroxylation is 1. The van der Waals surface area contributed by atoms with Gasteiger partial charge in [0.15, 0.2) is 0 Å². The van der Waals surface area contributed by atoms with Gasteiger partial charge in [-0.2, -0.15) is 0 Å². The van der Waals surface area contributed by atoms with E-state index in [2.05, 4.69) is 30.8 Å². The Kier molecular flexibility index (Phi) is 4.97. The fraction of sp³-hybridized carbons (Fsp3) is 0.294. The van der Waals surface area contributed by atoms with Crippen LogP contribution in [0, 0.1) is 0 Å². The molecule has 10 heteroatoms. The first-order chi connectivity index (χ1) is 12.8. The minimum Gasteiger partial charge on any atom is -0.444 e. The molecule has 140 valence electrons. The Labute approximate surface area is 155 Å². The van der Waals surface area contributed by atoms with E-state index in [1.54, 1.807) is 58.2 Å². The summed E-state index contributed by atoms with van der Waals surface area (Å²) in [6.07, 6.45) is 0.820. The van der Waals surface area contributed by atoms with Gasteiger partial charge in [0, 0.05) is 24.9 Å². The van der Waals surface area contributed by atoms with Crippen molar-refractivity contribution in [1.29, 1.82) is 0 Å². The molecule has 0 spiro atoms. The molecule has 0 aliphatic carbocycles. The van der Waals surface area contributed by atoms with E-state index in [9.17, 15) is 4.79 Å². The lowest BCUT2D eigenvalue weighted by atomic mass is 10.2. The Morgan fingerprint density at radius 2 is 2.00 bits per heavy atom. The molecule has 1 aromatic carbocycles. The number of hydrogen-bond donors (Lipinski definition) is 1. The molecule has 10 nitrogen and oxygen atoms in total. The highest BCUT2D eigenvalue weighted by molar-refractivity contribution is 5.85. The Hall–Kier alpha value is -3.56. The van der Waals surface area contributed by atoms with E-state index in [1.807, 2.05) is 0 Å². The van der Waals surface area contributed by atoms with Crippen molar-refractivity contribution in [2.24, 2.45) is 7.05 Å². The zero-order chi connectivity index (χ0) is 19.4. The first kappa shape index (κ1) is 18.2. The monoisotopic (exact) mass is 369 g/mol. The van der Waals surface area contributed by atoms with Crippen molar-refractivity contribution in [2.75, 3.05) is 5.32 Å². The highest BCUT2D eigenvalue weighted by atomic mass is 16.6. The molecule has 2 heterocycles. The zero-order valence-corrected chi connectivity index (χ0v) is 15.4. The van der Waals surface area contributed by atoms with Crippen LogP contribution in [0.3, 0.4) is 0 Å². The normalized spacial score (nSPS) is 11.1. The van der Waals surface area contributed by atoms with Gasteiger partial charge in [-0.25, -0.2) is 19.4 Å². The fourth-order valence-electron chi connectivity index (χ4n) is 2.14. The van der Waals surface area contributed by atoms with Crippen molar-refractivity contribution in [1.82, 2.24) is 30.2 Å². The molecule has 0 radical (unpaired) electrons. The average Bonchev–Trinajstić information content (AvgIpc) is 2.99. The van der Waals surface area contributed by atoms with Crippen molar-refractivity contribution in [2.45, 2.75) is 26.4 Å². The number of rotatable bonds is 4. The van der Waals surface area contributed by atoms with E-state index in [-0.39, 0.29) is 0 Å². The predicted octanol–water partition coefficient (Wildman–Crippen LogP) is 2.81. The first-order valence-corrected chi connectivity index (χ1v) is 8.13. The molecule has 0 saturated heterocycles. The molecule has 0 bridgehead atoms. The molecule has 0 fully saturated rings. The van der Waals surface area contributed by atoms with E-state index in [1.165, 1.54) is 11.0 Å². The fourth-order valence-corrected chi connectivity index (χ4v) is 2.14. The summed E-state index contributed by atoms with van der Waals surface area (Å²) in [5.74, 6) is 1.30. The van der Waals surface area contributed by atoms with Crippen LogP contribution in [-0.2, 0) is 11.8 Å². The van der Waals surface area contributed by atoms with Crippen LogP contribution in [0.2, 0.25) is 0 Å². The standard InChI is InChI=1S/C17H19N7O3/c1-17(2,3)27-16(25)20-11-6-5-7-12(8-11)26-14-9-13(18-10-19-14)15-21-22-23-24(15)4/h5-10H,1-4H3,(H,20,25). The van der Waals surface area contributed by atoms with Gasteiger partial charge in [-0.05, 0) is 43.3 Å². The summed E-state index contributed by atoms with van der Waals surface area (Å²) >= 11 is 0. The average molecular weight is 369 g/mol. The number of nitrogens with zero attached hydrogens (tertiary/aromatic N) is 6. The number of benzene rings is 1. The van der Waals surface area contributed by atoms with Crippen LogP contribution < -0.4 is 10.1 Å². The number of aromatic nitrogens is 6. The number of carbonyl (C=O) groups excluding carboxylic acids is 1. The van der Waals surface area contributed by atoms with Gasteiger partial charge in [-0.3, -0.25) is 5.32 Å². The molecule has 0 atom stereocenters. The highest BCUT2D eigenvalue weighted by Crippen LogP contribution is 2.25. The van der Waals surface area contributed by atoms with Crippen molar-refractivity contribution >= 4 is 11.8 Å². The van der Waals surface area contributed by atoms with E-state index < -0.39 is 11.7 Å². The summed E-state index contributed by atoms with van der Waals surface area (Å²) in [7, 11) is 1.71. The third-order valence-corrected chi connectivity index (χ3v) is 3.19. The van der Waals surface area contributed by atoms with E-state index in [4.69, 9.17) is 9.47 Å². The summed E-state index contributed by atoms with van der Waals surface area (Å²) in [6, 6.07) is 8.51. The second kappa shape index (κ2) is 7.36. The Morgan fingerprint density at radius 3 is 2.70 bits per heavy atom. The second-order valence-corrected chi connectivity index (χ2v) is 6.62. The number of tetrazole rings is 1. The highest BCUT2D eigenvalue weighted by Gasteiger charge is 2.16. The second-order valence-electron chi connectivity index (χ2n) is 6.62. The molecule has 1 N–H and O–H groups in total. The summed E-state index contributed by atoms with van der Waals surface area (Å²) in [6.45, 7) is 5.39. The molecular formula is C17H19N7O3. The van der Waals surface area contributed by atoms with E-state index in [0.717, 1.165) is 0 Å². The summed E-state index contributed by atoms with van der Waals surface area (Å²) in [5, 5.41) is 13.9. The predicted molar refractivity (Wildman–Crippen MR) is 96.2 cm³/mol. The number of hydrogen-bond acceptors (Lipinski definition) is 8. The van der Waals surface area contributed by atoms with E-state index >= 15 is 0 Å². The Bertz CT molecular complexity index is 949. The smallest absolute Gasteiger partial charge is 0.412 e. The van der Waals surface area contributed by atoms with Crippen LogP contribution in [0.25, 0.3) is 11.5 Å². The number of ether oxygens (including phenoxy) is 2. The molecule has 0 unspecified atom stereocenters. The van der Waals surface area contributed by atoms with Crippen LogP contribution in [0.5, 0.6) is 11.6 Å². The number of anilines is 1. The quantitative estimate of drug-likeness (QED) is 0.746. The van der Waals surface area contributed by atoms with Gasteiger partial charge in [0.2, 0.25) is 11.7 Å². The molecular weight excluding hydrogens is 350 g/mol. The lowest BCUT2D eigenvalue weighted by molar-refractivity contribution is 0.0636. The van der Waals surface area contributed by atoms with Crippen LogP contribution >= 0.6 is 0 Å². The maximum atomic E-state index is 11.9. The minimum atomic E-state index is -0.579. The summed E-state index contributed by atoms with van der Waals surface area (Å²) < 4.78 is 12.5. The largest absolute Gasteiger partial charge is 0.444 e. The SMILES string of the molecule is Cn1nnnc1-c1cc(Oc2cccc(NC(=O)OC(C)(C)C)c2)ncn1. The lowest BCUT2D eigenvalue weighted by Crippen LogP contribution is -2.27. The molecule has 0 aliphatic rings. The molecule has 1 amide bonds. The molecule has 0 aliphatic heterocycles. The first-order valence-electron chi connectivity index (χ1n) is 8.13. The van der Waals surface area contributed by atoms with Crippen LogP contribution in [0.4, 0.5) is 10.5 Å². The van der Waals surface area contributed by atoms with Crippen LogP contribution in [-0.4, -0.2) is 41.9 Å². The number of carbonyl (C=O) groups is 1. The van der Waals surface area contributed by atoms with Gasteiger partial charge in [-0.1, -0.05) is 6.07 Å². The summed E-state index contributed by atoms with van der Waals surface area (Å²) in [4.78, 5) is 20.1. The lowest BCUT2D eigenvalue weighted by Gasteiger charge is -2.19. The molecule has 3 aromatic rings. The third-order valence-electron chi connectivity index (χ3n) is 3.19. The minimum absolute atomic E-state index is 0.317. The van der Waals surface area contributed by atoms with Gasteiger partial charge in [-0.15, -0.1) is 5.10 Å². The Morgan fingerprint density at radius 1 is 1.19 bits per heavy atom. The maximum Gasteiger partial charge on any atom is 0.412 e. The third kappa shape index (κ3) is 4.97. The molecule has 3 rings (SSSR count). The van der Waals surface area contributed by atoms with Gasteiger partial charge in [0.1, 0.15) is 23.4 Å². The van der Waals surface area contributed by atoms with Crippen LogP contribution in [0.1, 0.15) is 20.8 Å². The number of nitrogens with one attached hydrogen (secondary N) is 1. The summed E-state index contributed by atoms with van der Waals surface area (Å²) in [5.41, 5.74) is 0.480. The molecule has 27 heavy (non-hydrogen) atoms. The number of amides is 1. The maximum absolute atomic E-state index is 11.9. The van der Waals surface area contributed by atoms with Crippen LogP contribution in [0.15, 0.2) is 36.7 Å². The van der Waals surface area contributed by atoms with Gasteiger partial charge >= 0.3 is 6.09 Å². The van der Waals surface area contributed by atoms with Crippen molar-refractivity contribution in [3.63, 3.8) is 0 Å². The van der Waals surface area contributed by atoms with Crippen molar-refractivity contribution in [3.8, 4) is 23.1 Å². The molecule has 2 aromatic heterocycles. The Balaban J connectivity index is 1.73. The van der Waals surface area contributed by atoms with E-state index in [0.29, 0.717) is 28.8 Å². The zero-order valence-electron chi connectivity index (χ0n) is 15.4. The van der Waals surface area contributed by atoms with Crippen molar-refractivity contribution < 1.29 is 14.3 Å². The molecule has 0 saturated carbocycles. The van der Waals surface area contributed by atoms with Gasteiger partial charge in [0.25, 0.3) is 0 Å². The van der Waals surface area contributed by atoms with Crippen molar-refractivity contribution in [3.05, 3.63) is 36.7 Å². The van der Waals surface area contributed by atoms with Gasteiger partial charge in [0.05, 0.1) is 0 Å².